The molecule has 0 atom stereocenters. The van der Waals surface area contributed by atoms with Crippen LogP contribution in [0.1, 0.15) is 64.7 Å². The van der Waals surface area contributed by atoms with E-state index in [-0.39, 0.29) is 5.91 Å². The smallest absolute Gasteiger partial charge is 0.243 e. The van der Waals surface area contributed by atoms with Crippen LogP contribution < -0.4 is 0 Å². The largest absolute Gasteiger partial charge is 0.273 e. The first-order chi connectivity index (χ1) is 8.29. The van der Waals surface area contributed by atoms with E-state index >= 15 is 0 Å². The van der Waals surface area contributed by atoms with Gasteiger partial charge in [0.05, 0.1) is 0 Å². The molecule has 0 unspecified atom stereocenters. The molecule has 1 aliphatic heterocycles. The second-order valence-electron chi connectivity index (χ2n) is 5.39. The van der Waals surface area contributed by atoms with Crippen LogP contribution in [0.3, 0.4) is 0 Å². The average Bonchev–Trinajstić information content (AvgIpc) is 2.35. The molecule has 0 bridgehead atoms. The van der Waals surface area contributed by atoms with Gasteiger partial charge in [0.25, 0.3) is 0 Å². The van der Waals surface area contributed by atoms with E-state index in [9.17, 15) is 4.79 Å². The molecule has 0 aromatic carbocycles. The van der Waals surface area contributed by atoms with Crippen molar-refractivity contribution in [3.05, 3.63) is 0 Å². The lowest BCUT2D eigenvalue weighted by Crippen LogP contribution is -2.32. The number of hydrazone groups is 1. The van der Waals surface area contributed by atoms with Crippen molar-refractivity contribution in [2.75, 3.05) is 6.54 Å². The van der Waals surface area contributed by atoms with Gasteiger partial charge >= 0.3 is 0 Å². The SMILES string of the molecule is CCCN1N=C(CC2CCCCC2)CCC1=O. The highest BCUT2D eigenvalue weighted by molar-refractivity contribution is 5.92. The molecule has 1 fully saturated rings. The topological polar surface area (TPSA) is 32.7 Å². The third-order valence-electron chi connectivity index (χ3n) is 3.86. The summed E-state index contributed by atoms with van der Waals surface area (Å²) >= 11 is 0. The van der Waals surface area contributed by atoms with Gasteiger partial charge < -0.3 is 0 Å². The lowest BCUT2D eigenvalue weighted by Gasteiger charge is -2.27. The van der Waals surface area contributed by atoms with Gasteiger partial charge in [-0.3, -0.25) is 4.79 Å². The van der Waals surface area contributed by atoms with E-state index in [0.29, 0.717) is 6.42 Å². The Morgan fingerprint density at radius 3 is 2.71 bits per heavy atom. The van der Waals surface area contributed by atoms with Crippen molar-refractivity contribution in [1.29, 1.82) is 0 Å². The van der Waals surface area contributed by atoms with Crippen molar-refractivity contribution in [2.45, 2.75) is 64.7 Å². The molecule has 1 heterocycles. The zero-order valence-electron chi connectivity index (χ0n) is 11.0. The van der Waals surface area contributed by atoms with Crippen LogP contribution in [-0.2, 0) is 4.79 Å². The van der Waals surface area contributed by atoms with E-state index in [1.807, 2.05) is 0 Å². The fourth-order valence-corrected chi connectivity index (χ4v) is 2.91. The zero-order chi connectivity index (χ0) is 12.1. The molecule has 2 rings (SSSR count). The third kappa shape index (κ3) is 3.55. The standard InChI is InChI=1S/C14H24N2O/c1-2-10-16-14(17)9-8-13(15-16)11-12-6-4-3-5-7-12/h12H,2-11H2,1H3. The third-order valence-corrected chi connectivity index (χ3v) is 3.86. The Morgan fingerprint density at radius 1 is 1.24 bits per heavy atom. The van der Waals surface area contributed by atoms with Gasteiger partial charge in [0.1, 0.15) is 0 Å². The van der Waals surface area contributed by atoms with Gasteiger partial charge in [-0.25, -0.2) is 5.01 Å². The van der Waals surface area contributed by atoms with Crippen molar-refractivity contribution in [3.8, 4) is 0 Å². The van der Waals surface area contributed by atoms with E-state index in [1.54, 1.807) is 5.01 Å². The molecule has 0 aromatic heterocycles. The summed E-state index contributed by atoms with van der Waals surface area (Å²) in [5.74, 6) is 1.04. The Balaban J connectivity index is 1.90. The van der Waals surface area contributed by atoms with Crippen LogP contribution in [0.25, 0.3) is 0 Å². The maximum absolute atomic E-state index is 11.6. The lowest BCUT2D eigenvalue weighted by molar-refractivity contribution is -0.131. The zero-order valence-corrected chi connectivity index (χ0v) is 11.0. The van der Waals surface area contributed by atoms with Gasteiger partial charge in [-0.05, 0) is 25.2 Å². The summed E-state index contributed by atoms with van der Waals surface area (Å²) in [4.78, 5) is 11.6. The van der Waals surface area contributed by atoms with Gasteiger partial charge in [-0.15, -0.1) is 0 Å². The molecular formula is C14H24N2O. The molecule has 1 amide bonds. The molecule has 0 spiro atoms. The van der Waals surface area contributed by atoms with Gasteiger partial charge in [-0.2, -0.15) is 5.10 Å². The number of carbonyl (C=O) groups is 1. The first-order valence-electron chi connectivity index (χ1n) is 7.16. The first kappa shape index (κ1) is 12.6. The second kappa shape index (κ2) is 6.18. The molecule has 3 nitrogen and oxygen atoms in total. The minimum absolute atomic E-state index is 0.208. The summed E-state index contributed by atoms with van der Waals surface area (Å²) in [7, 11) is 0. The molecule has 0 saturated heterocycles. The van der Waals surface area contributed by atoms with E-state index in [0.717, 1.165) is 31.7 Å². The molecule has 0 aromatic rings. The monoisotopic (exact) mass is 236 g/mol. The highest BCUT2D eigenvalue weighted by Gasteiger charge is 2.22. The normalized spacial score (nSPS) is 22.8. The molecule has 3 heteroatoms. The predicted octanol–water partition coefficient (Wildman–Crippen LogP) is 3.35. The van der Waals surface area contributed by atoms with E-state index in [1.165, 1.54) is 37.8 Å². The van der Waals surface area contributed by atoms with Crippen LogP contribution in [0.4, 0.5) is 0 Å². The average molecular weight is 236 g/mol. The lowest BCUT2D eigenvalue weighted by atomic mass is 9.85. The fourth-order valence-electron chi connectivity index (χ4n) is 2.91. The Hall–Kier alpha value is -0.860. The van der Waals surface area contributed by atoms with Crippen LogP contribution >= 0.6 is 0 Å². The minimum Gasteiger partial charge on any atom is -0.273 e. The van der Waals surface area contributed by atoms with Gasteiger partial charge in [0, 0.05) is 18.7 Å². The fraction of sp³-hybridized carbons (Fsp3) is 0.857. The molecule has 1 aliphatic carbocycles. The number of nitrogens with zero attached hydrogens (tertiary/aromatic N) is 2. The first-order valence-corrected chi connectivity index (χ1v) is 7.16. The van der Waals surface area contributed by atoms with Gasteiger partial charge in [0.15, 0.2) is 0 Å². The van der Waals surface area contributed by atoms with Crippen molar-refractivity contribution in [2.24, 2.45) is 11.0 Å². The van der Waals surface area contributed by atoms with Crippen molar-refractivity contribution in [1.82, 2.24) is 5.01 Å². The second-order valence-corrected chi connectivity index (χ2v) is 5.39. The summed E-state index contributed by atoms with van der Waals surface area (Å²) in [5, 5.41) is 6.24. The van der Waals surface area contributed by atoms with Crippen molar-refractivity contribution >= 4 is 11.6 Å². The van der Waals surface area contributed by atoms with E-state index in [4.69, 9.17) is 0 Å². The maximum Gasteiger partial charge on any atom is 0.243 e. The van der Waals surface area contributed by atoms with E-state index < -0.39 is 0 Å². The van der Waals surface area contributed by atoms with Crippen molar-refractivity contribution < 1.29 is 4.79 Å². The van der Waals surface area contributed by atoms with Gasteiger partial charge in [-0.1, -0.05) is 39.0 Å². The van der Waals surface area contributed by atoms with Crippen LogP contribution in [0.2, 0.25) is 0 Å². The Kier molecular flexibility index (Phi) is 4.57. The summed E-state index contributed by atoms with van der Waals surface area (Å²) in [5.41, 5.74) is 1.27. The number of hydrogen-bond acceptors (Lipinski definition) is 2. The molecule has 0 radical (unpaired) electrons. The van der Waals surface area contributed by atoms with Crippen molar-refractivity contribution in [3.63, 3.8) is 0 Å². The number of amides is 1. The van der Waals surface area contributed by atoms with Crippen LogP contribution in [-0.4, -0.2) is 23.2 Å². The van der Waals surface area contributed by atoms with Crippen LogP contribution in [0, 0.1) is 5.92 Å². The minimum atomic E-state index is 0.208. The molecule has 2 aliphatic rings. The Bertz CT molecular complexity index is 293. The molecule has 0 N–H and O–H groups in total. The molecule has 96 valence electrons. The molecule has 1 saturated carbocycles. The highest BCUT2D eigenvalue weighted by atomic mass is 16.2. The van der Waals surface area contributed by atoms with Crippen LogP contribution in [0.5, 0.6) is 0 Å². The molecule has 17 heavy (non-hydrogen) atoms. The summed E-state index contributed by atoms with van der Waals surface area (Å²) in [6, 6.07) is 0. The highest BCUT2D eigenvalue weighted by Crippen LogP contribution is 2.28. The van der Waals surface area contributed by atoms with Gasteiger partial charge in [0.2, 0.25) is 5.91 Å². The number of carbonyl (C=O) groups excluding carboxylic acids is 1. The quantitative estimate of drug-likeness (QED) is 0.736. The number of hydrogen-bond donors (Lipinski definition) is 0. The Labute approximate surface area is 104 Å². The summed E-state index contributed by atoms with van der Waals surface area (Å²) in [6.45, 7) is 2.88. The van der Waals surface area contributed by atoms with E-state index in [2.05, 4.69) is 12.0 Å². The molecular weight excluding hydrogens is 212 g/mol. The summed E-state index contributed by atoms with van der Waals surface area (Å²) in [6.07, 6.45) is 10.6. The predicted molar refractivity (Wildman–Crippen MR) is 69.9 cm³/mol. The number of rotatable bonds is 4. The van der Waals surface area contributed by atoms with Crippen LogP contribution in [0.15, 0.2) is 5.10 Å². The Morgan fingerprint density at radius 2 is 2.00 bits per heavy atom. The summed E-state index contributed by atoms with van der Waals surface area (Å²) < 4.78 is 0. The maximum atomic E-state index is 11.6.